The number of fused-ring (bicyclic) bond motifs is 1. The minimum absolute atomic E-state index is 0. The van der Waals surface area contributed by atoms with Crippen molar-refractivity contribution in [3.63, 3.8) is 0 Å². The van der Waals surface area contributed by atoms with Gasteiger partial charge in [0.15, 0.2) is 0 Å². The molecule has 0 bridgehead atoms. The van der Waals surface area contributed by atoms with E-state index in [1.165, 1.54) is 4.31 Å². The second kappa shape index (κ2) is 9.46. The number of nitrogens with zero attached hydrogens (tertiary/aromatic N) is 2. The number of amidine groups is 1. The SMILES string of the molecule is Cl.N=C(N)c1ccc(C(=O)N2CCN(S(=O)(=O)c3ccc4cc(Cl)ccc4c3)CC2)cc1. The van der Waals surface area contributed by atoms with Gasteiger partial charge in [0.05, 0.1) is 4.90 Å². The van der Waals surface area contributed by atoms with Gasteiger partial charge in [-0.2, -0.15) is 4.31 Å². The van der Waals surface area contributed by atoms with Gasteiger partial charge in [-0.3, -0.25) is 10.2 Å². The summed E-state index contributed by atoms with van der Waals surface area (Å²) in [6.45, 7) is 1.04. The van der Waals surface area contributed by atoms with Crippen LogP contribution in [0.25, 0.3) is 10.8 Å². The average Bonchev–Trinajstić information content (AvgIpc) is 2.78. The maximum atomic E-state index is 13.1. The Morgan fingerprint density at radius 1 is 0.875 bits per heavy atom. The highest BCUT2D eigenvalue weighted by Crippen LogP contribution is 2.25. The highest BCUT2D eigenvalue weighted by molar-refractivity contribution is 7.89. The maximum absolute atomic E-state index is 13.1. The number of hydrogen-bond acceptors (Lipinski definition) is 4. The Bertz CT molecular complexity index is 1270. The smallest absolute Gasteiger partial charge is 0.253 e. The van der Waals surface area contributed by atoms with Crippen LogP contribution in [0, 0.1) is 5.41 Å². The molecule has 0 unspecified atom stereocenters. The highest BCUT2D eigenvalue weighted by atomic mass is 35.5. The molecule has 0 aliphatic carbocycles. The van der Waals surface area contributed by atoms with Gasteiger partial charge < -0.3 is 10.6 Å². The normalized spacial score (nSPS) is 14.7. The van der Waals surface area contributed by atoms with Gasteiger partial charge in [-0.25, -0.2) is 8.42 Å². The van der Waals surface area contributed by atoms with Crippen molar-refractivity contribution in [1.29, 1.82) is 5.41 Å². The number of nitrogen functional groups attached to an aromatic ring is 1. The van der Waals surface area contributed by atoms with Crippen molar-refractivity contribution in [2.24, 2.45) is 5.73 Å². The summed E-state index contributed by atoms with van der Waals surface area (Å²) < 4.78 is 27.6. The molecule has 3 N–H and O–H groups in total. The second-order valence-corrected chi connectivity index (χ2v) is 9.71. The molecule has 1 saturated heterocycles. The van der Waals surface area contributed by atoms with Gasteiger partial charge >= 0.3 is 0 Å². The lowest BCUT2D eigenvalue weighted by molar-refractivity contribution is 0.0698. The Morgan fingerprint density at radius 2 is 1.44 bits per heavy atom. The van der Waals surface area contributed by atoms with Crippen LogP contribution in [0.1, 0.15) is 15.9 Å². The molecule has 0 radical (unpaired) electrons. The number of carbonyl (C=O) groups is 1. The first-order chi connectivity index (χ1) is 14.8. The fourth-order valence-electron chi connectivity index (χ4n) is 3.61. The average molecular weight is 493 g/mol. The van der Waals surface area contributed by atoms with Crippen molar-refractivity contribution < 1.29 is 13.2 Å². The Labute approximate surface area is 197 Å². The van der Waals surface area contributed by atoms with Gasteiger partial charge in [-0.1, -0.05) is 35.9 Å². The van der Waals surface area contributed by atoms with Crippen LogP contribution in [0.4, 0.5) is 0 Å². The van der Waals surface area contributed by atoms with Gasteiger partial charge in [0.2, 0.25) is 10.0 Å². The number of nitrogens with two attached hydrogens (primary N) is 1. The third-order valence-corrected chi connectivity index (χ3v) is 7.51. The second-order valence-electron chi connectivity index (χ2n) is 7.34. The van der Waals surface area contributed by atoms with Crippen molar-refractivity contribution in [2.45, 2.75) is 4.90 Å². The zero-order valence-electron chi connectivity index (χ0n) is 17.0. The molecule has 0 atom stereocenters. The number of halogens is 2. The number of benzene rings is 3. The van der Waals surface area contributed by atoms with E-state index in [2.05, 4.69) is 0 Å². The Kier molecular flexibility index (Phi) is 7.09. The molecule has 1 fully saturated rings. The van der Waals surface area contributed by atoms with Gasteiger partial charge in [-0.05, 0) is 47.2 Å². The standard InChI is InChI=1S/C22H21ClN4O3S.ClH/c23-19-7-5-18-14-20(8-6-17(18)13-19)31(29,30)27-11-9-26(10-12-27)22(28)16-3-1-15(2-4-16)21(24)25;/h1-8,13-14H,9-12H2,(H3,24,25);1H. The Balaban J connectivity index is 0.00000289. The summed E-state index contributed by atoms with van der Waals surface area (Å²) in [4.78, 5) is 14.6. The van der Waals surface area contributed by atoms with Crippen LogP contribution < -0.4 is 5.73 Å². The van der Waals surface area contributed by atoms with Crippen molar-refractivity contribution in [2.75, 3.05) is 26.2 Å². The summed E-state index contributed by atoms with van der Waals surface area (Å²) in [5.41, 5.74) is 6.47. The zero-order valence-corrected chi connectivity index (χ0v) is 19.4. The molecule has 168 valence electrons. The summed E-state index contributed by atoms with van der Waals surface area (Å²) in [5, 5.41) is 9.70. The molecule has 3 aromatic carbocycles. The first-order valence-electron chi connectivity index (χ1n) is 9.69. The molecule has 0 aromatic heterocycles. The highest BCUT2D eigenvalue weighted by Gasteiger charge is 2.30. The maximum Gasteiger partial charge on any atom is 0.253 e. The van der Waals surface area contributed by atoms with Gasteiger partial charge in [0.1, 0.15) is 5.84 Å². The third-order valence-electron chi connectivity index (χ3n) is 5.38. The van der Waals surface area contributed by atoms with Gasteiger partial charge in [0, 0.05) is 42.3 Å². The lowest BCUT2D eigenvalue weighted by atomic mass is 10.1. The number of piperazine rings is 1. The van der Waals surface area contributed by atoms with E-state index in [1.807, 2.05) is 0 Å². The molecule has 1 amide bonds. The predicted octanol–water partition coefficient (Wildman–Crippen LogP) is 3.35. The van der Waals surface area contributed by atoms with Crippen molar-refractivity contribution in [1.82, 2.24) is 9.21 Å². The zero-order chi connectivity index (χ0) is 22.2. The summed E-state index contributed by atoms with van der Waals surface area (Å²) in [6, 6.07) is 16.8. The molecule has 1 aliphatic rings. The molecular weight excluding hydrogens is 471 g/mol. The minimum atomic E-state index is -3.67. The van der Waals surface area contributed by atoms with Crippen LogP contribution in [-0.4, -0.2) is 55.5 Å². The van der Waals surface area contributed by atoms with E-state index >= 15 is 0 Å². The quantitative estimate of drug-likeness (QED) is 0.429. The van der Waals surface area contributed by atoms with E-state index in [1.54, 1.807) is 65.6 Å². The Hall–Kier alpha value is -2.65. The van der Waals surface area contributed by atoms with E-state index in [9.17, 15) is 13.2 Å². The number of carbonyl (C=O) groups excluding carboxylic acids is 1. The van der Waals surface area contributed by atoms with E-state index in [0.29, 0.717) is 29.2 Å². The molecule has 4 rings (SSSR count). The van der Waals surface area contributed by atoms with Crippen molar-refractivity contribution >= 4 is 56.5 Å². The summed E-state index contributed by atoms with van der Waals surface area (Å²) >= 11 is 6.00. The molecule has 7 nitrogen and oxygen atoms in total. The number of nitrogens with one attached hydrogen (secondary N) is 1. The molecule has 1 aliphatic heterocycles. The van der Waals surface area contributed by atoms with E-state index in [-0.39, 0.29) is 42.1 Å². The Morgan fingerprint density at radius 3 is 2.06 bits per heavy atom. The first-order valence-corrected chi connectivity index (χ1v) is 11.5. The van der Waals surface area contributed by atoms with Crippen LogP contribution in [0.3, 0.4) is 0 Å². The monoisotopic (exact) mass is 492 g/mol. The largest absolute Gasteiger partial charge is 0.384 e. The fraction of sp³-hybridized carbons (Fsp3) is 0.182. The van der Waals surface area contributed by atoms with E-state index < -0.39 is 10.0 Å². The topological polar surface area (TPSA) is 108 Å². The molecule has 10 heteroatoms. The van der Waals surface area contributed by atoms with Crippen LogP contribution in [0.5, 0.6) is 0 Å². The van der Waals surface area contributed by atoms with E-state index in [0.717, 1.165) is 10.8 Å². The molecule has 3 aromatic rings. The third kappa shape index (κ3) is 4.73. The van der Waals surface area contributed by atoms with Crippen LogP contribution in [0.15, 0.2) is 65.6 Å². The van der Waals surface area contributed by atoms with Crippen molar-refractivity contribution in [3.05, 3.63) is 76.8 Å². The molecule has 32 heavy (non-hydrogen) atoms. The van der Waals surface area contributed by atoms with Crippen LogP contribution in [-0.2, 0) is 10.0 Å². The van der Waals surface area contributed by atoms with Gasteiger partial charge in [-0.15, -0.1) is 12.4 Å². The summed E-state index contributed by atoms with van der Waals surface area (Å²) in [6.07, 6.45) is 0. The molecule has 0 saturated carbocycles. The van der Waals surface area contributed by atoms with Crippen molar-refractivity contribution in [3.8, 4) is 0 Å². The van der Waals surface area contributed by atoms with E-state index in [4.69, 9.17) is 22.7 Å². The lowest BCUT2D eigenvalue weighted by Gasteiger charge is -2.34. The molecule has 0 spiro atoms. The molecule has 1 heterocycles. The minimum Gasteiger partial charge on any atom is -0.384 e. The summed E-state index contributed by atoms with van der Waals surface area (Å²) in [5.74, 6) is -0.232. The number of sulfonamides is 1. The number of amides is 1. The lowest BCUT2D eigenvalue weighted by Crippen LogP contribution is -2.50. The van der Waals surface area contributed by atoms with Crippen LogP contribution >= 0.6 is 24.0 Å². The summed E-state index contributed by atoms with van der Waals surface area (Å²) in [7, 11) is -3.67. The number of hydrogen-bond donors (Lipinski definition) is 2. The van der Waals surface area contributed by atoms with Gasteiger partial charge in [0.25, 0.3) is 5.91 Å². The van der Waals surface area contributed by atoms with Crippen LogP contribution in [0.2, 0.25) is 5.02 Å². The number of rotatable bonds is 4. The first kappa shape index (κ1) is 24.0. The molecular formula is C22H22Cl2N4O3S. The predicted molar refractivity (Wildman–Crippen MR) is 128 cm³/mol. The fourth-order valence-corrected chi connectivity index (χ4v) is 5.25.